The number of rotatable bonds is 7. The molecule has 0 fully saturated rings. The molecule has 0 spiro atoms. The highest BCUT2D eigenvalue weighted by atomic mass is 17.2. The minimum absolute atomic E-state index is 0.244. The van der Waals surface area contributed by atoms with Gasteiger partial charge >= 0.3 is 0 Å². The van der Waals surface area contributed by atoms with Crippen LogP contribution in [0.15, 0.2) is 0 Å². The van der Waals surface area contributed by atoms with Crippen molar-refractivity contribution < 1.29 is 19.6 Å². The first kappa shape index (κ1) is 15.8. The molecule has 4 nitrogen and oxygen atoms in total. The van der Waals surface area contributed by atoms with Crippen molar-refractivity contribution in [1.82, 2.24) is 0 Å². The average Bonchev–Trinajstić information content (AvgIpc) is 2.06. The van der Waals surface area contributed by atoms with Gasteiger partial charge in [0.2, 0.25) is 0 Å². The Kier molecular flexibility index (Phi) is 7.15. The average molecular weight is 234 g/mol. The molecular formula is C12H26O4. The van der Waals surface area contributed by atoms with Crippen molar-refractivity contribution in [3.63, 3.8) is 0 Å². The minimum Gasteiger partial charge on any atom is -0.236 e. The maximum Gasteiger partial charge on any atom is 0.0952 e. The van der Waals surface area contributed by atoms with Gasteiger partial charge in [-0.3, -0.25) is 0 Å². The van der Waals surface area contributed by atoms with Crippen molar-refractivity contribution in [2.45, 2.75) is 65.6 Å². The summed E-state index contributed by atoms with van der Waals surface area (Å²) in [7, 11) is 0. The number of hydrogen-bond donors (Lipinski definition) is 0. The van der Waals surface area contributed by atoms with Gasteiger partial charge < -0.3 is 0 Å². The van der Waals surface area contributed by atoms with E-state index in [1.807, 2.05) is 41.5 Å². The molecule has 0 bridgehead atoms. The third-order valence-corrected chi connectivity index (χ3v) is 1.32. The van der Waals surface area contributed by atoms with Crippen LogP contribution in [0.5, 0.6) is 0 Å². The first-order valence-corrected chi connectivity index (χ1v) is 5.82. The summed E-state index contributed by atoms with van der Waals surface area (Å²) in [5.74, 6) is 0. The van der Waals surface area contributed by atoms with Crippen LogP contribution in [0.3, 0.4) is 0 Å². The van der Waals surface area contributed by atoms with Crippen molar-refractivity contribution in [1.29, 1.82) is 0 Å². The van der Waals surface area contributed by atoms with Crippen molar-refractivity contribution in [3.8, 4) is 0 Å². The van der Waals surface area contributed by atoms with Crippen molar-refractivity contribution >= 4 is 0 Å². The van der Waals surface area contributed by atoms with E-state index in [0.717, 1.165) is 12.8 Å². The second-order valence-electron chi connectivity index (χ2n) is 5.74. The zero-order valence-corrected chi connectivity index (χ0v) is 11.5. The van der Waals surface area contributed by atoms with E-state index in [9.17, 15) is 0 Å². The SMILES string of the molecule is CC(C)(C)OOCCCCOOC(C)(C)C. The Morgan fingerprint density at radius 3 is 1.19 bits per heavy atom. The molecule has 0 N–H and O–H groups in total. The van der Waals surface area contributed by atoms with Crippen LogP contribution in [0.1, 0.15) is 54.4 Å². The van der Waals surface area contributed by atoms with Gasteiger partial charge in [0.25, 0.3) is 0 Å². The van der Waals surface area contributed by atoms with Gasteiger partial charge in [-0.1, -0.05) is 0 Å². The highest BCUT2D eigenvalue weighted by Gasteiger charge is 2.12. The fourth-order valence-corrected chi connectivity index (χ4v) is 0.759. The van der Waals surface area contributed by atoms with E-state index in [1.54, 1.807) is 0 Å². The molecule has 0 aromatic heterocycles. The lowest BCUT2D eigenvalue weighted by atomic mass is 10.2. The van der Waals surface area contributed by atoms with Crippen LogP contribution in [0.25, 0.3) is 0 Å². The van der Waals surface area contributed by atoms with Gasteiger partial charge in [0.05, 0.1) is 24.4 Å². The summed E-state index contributed by atoms with van der Waals surface area (Å²) >= 11 is 0. The van der Waals surface area contributed by atoms with Gasteiger partial charge in [-0.15, -0.1) is 0 Å². The predicted octanol–water partition coefficient (Wildman–Crippen LogP) is 3.26. The lowest BCUT2D eigenvalue weighted by molar-refractivity contribution is -0.355. The Hall–Kier alpha value is -0.160. The summed E-state index contributed by atoms with van der Waals surface area (Å²) in [5.41, 5.74) is -0.488. The van der Waals surface area contributed by atoms with Gasteiger partial charge in [0.1, 0.15) is 0 Å². The first-order valence-electron chi connectivity index (χ1n) is 5.82. The Balaban J connectivity index is 3.17. The molecule has 0 unspecified atom stereocenters. The third-order valence-electron chi connectivity index (χ3n) is 1.32. The Labute approximate surface area is 99.1 Å². The minimum atomic E-state index is -0.244. The van der Waals surface area contributed by atoms with E-state index in [2.05, 4.69) is 0 Å². The second kappa shape index (κ2) is 7.22. The number of unbranched alkanes of at least 4 members (excludes halogenated alkanes) is 1. The van der Waals surface area contributed by atoms with Crippen LogP contribution in [-0.4, -0.2) is 24.4 Å². The molecule has 0 aliphatic carbocycles. The van der Waals surface area contributed by atoms with E-state index >= 15 is 0 Å². The Morgan fingerprint density at radius 1 is 0.625 bits per heavy atom. The van der Waals surface area contributed by atoms with Gasteiger partial charge in [-0.25, -0.2) is 19.6 Å². The van der Waals surface area contributed by atoms with Gasteiger partial charge in [-0.05, 0) is 54.4 Å². The van der Waals surface area contributed by atoms with Crippen molar-refractivity contribution in [2.24, 2.45) is 0 Å². The molecule has 0 amide bonds. The maximum atomic E-state index is 5.12. The van der Waals surface area contributed by atoms with Crippen LogP contribution < -0.4 is 0 Å². The lowest BCUT2D eigenvalue weighted by Crippen LogP contribution is -2.20. The van der Waals surface area contributed by atoms with E-state index in [0.29, 0.717) is 13.2 Å². The van der Waals surface area contributed by atoms with Crippen LogP contribution >= 0.6 is 0 Å². The maximum absolute atomic E-state index is 5.12. The summed E-state index contributed by atoms with van der Waals surface area (Å²) in [6.45, 7) is 12.9. The molecule has 0 aliphatic rings. The highest BCUT2D eigenvalue weighted by Crippen LogP contribution is 2.09. The first-order chi connectivity index (χ1) is 7.21. The summed E-state index contributed by atoms with van der Waals surface area (Å²) in [6, 6.07) is 0. The van der Waals surface area contributed by atoms with Crippen molar-refractivity contribution in [3.05, 3.63) is 0 Å². The quantitative estimate of drug-likeness (QED) is 0.385. The molecule has 0 radical (unpaired) electrons. The fraction of sp³-hybridized carbons (Fsp3) is 1.00. The fourth-order valence-electron chi connectivity index (χ4n) is 0.759. The van der Waals surface area contributed by atoms with Gasteiger partial charge in [0, 0.05) is 0 Å². The van der Waals surface area contributed by atoms with Gasteiger partial charge in [0.15, 0.2) is 0 Å². The number of hydrogen-bond acceptors (Lipinski definition) is 4. The molecule has 98 valence electrons. The molecule has 0 aromatic rings. The topological polar surface area (TPSA) is 36.9 Å². The summed E-state index contributed by atoms with van der Waals surface area (Å²) in [6.07, 6.45) is 1.78. The second-order valence-corrected chi connectivity index (χ2v) is 5.74. The summed E-state index contributed by atoms with van der Waals surface area (Å²) in [4.78, 5) is 20.3. The molecule has 0 atom stereocenters. The molecule has 0 aromatic carbocycles. The third kappa shape index (κ3) is 13.8. The molecule has 0 aliphatic heterocycles. The van der Waals surface area contributed by atoms with Crippen LogP contribution in [-0.2, 0) is 19.6 Å². The Bertz CT molecular complexity index is 147. The zero-order chi connectivity index (χ0) is 12.7. The van der Waals surface area contributed by atoms with Crippen LogP contribution in [0, 0.1) is 0 Å². The predicted molar refractivity (Wildman–Crippen MR) is 62.8 cm³/mol. The van der Waals surface area contributed by atoms with E-state index in [-0.39, 0.29) is 11.2 Å². The van der Waals surface area contributed by atoms with Crippen LogP contribution in [0.2, 0.25) is 0 Å². The molecule has 16 heavy (non-hydrogen) atoms. The molecule has 0 rings (SSSR count). The molecule has 0 saturated heterocycles. The summed E-state index contributed by atoms with van der Waals surface area (Å²) < 4.78 is 0. The van der Waals surface area contributed by atoms with Crippen molar-refractivity contribution in [2.75, 3.05) is 13.2 Å². The summed E-state index contributed by atoms with van der Waals surface area (Å²) in [5, 5.41) is 0. The highest BCUT2D eigenvalue weighted by molar-refractivity contribution is 4.55. The van der Waals surface area contributed by atoms with Crippen LogP contribution in [0.4, 0.5) is 0 Å². The molecule has 0 heterocycles. The monoisotopic (exact) mass is 234 g/mol. The smallest absolute Gasteiger partial charge is 0.0952 e. The van der Waals surface area contributed by atoms with E-state index in [1.165, 1.54) is 0 Å². The van der Waals surface area contributed by atoms with E-state index in [4.69, 9.17) is 19.6 Å². The Morgan fingerprint density at radius 2 is 0.938 bits per heavy atom. The zero-order valence-electron chi connectivity index (χ0n) is 11.5. The van der Waals surface area contributed by atoms with Gasteiger partial charge in [-0.2, -0.15) is 0 Å². The molecule has 0 saturated carbocycles. The standard InChI is InChI=1S/C12H26O4/c1-11(2,3)15-13-9-7-8-10-14-16-12(4,5)6/h7-10H2,1-6H3. The molecule has 4 heteroatoms. The largest absolute Gasteiger partial charge is 0.236 e. The molecular weight excluding hydrogens is 208 g/mol. The normalized spacial score (nSPS) is 13.1. The lowest BCUT2D eigenvalue weighted by Gasteiger charge is -2.18. The van der Waals surface area contributed by atoms with E-state index < -0.39 is 0 Å².